The monoisotopic (exact) mass is 298 g/mol. The van der Waals surface area contributed by atoms with Crippen LogP contribution in [0.15, 0.2) is 39.8 Å². The van der Waals surface area contributed by atoms with Crippen molar-refractivity contribution in [2.24, 2.45) is 0 Å². The second-order valence-electron chi connectivity index (χ2n) is 3.35. The summed E-state index contributed by atoms with van der Waals surface area (Å²) in [4.78, 5) is 4.04. The molecule has 16 heavy (non-hydrogen) atoms. The van der Waals surface area contributed by atoms with E-state index in [4.69, 9.17) is 0 Å². The molecule has 84 valence electrons. The minimum absolute atomic E-state index is 0.481. The number of thiophene rings is 1. The molecule has 0 spiro atoms. The first-order chi connectivity index (χ1) is 7.75. The van der Waals surface area contributed by atoms with Gasteiger partial charge in [0.25, 0.3) is 0 Å². The van der Waals surface area contributed by atoms with E-state index in [1.54, 1.807) is 23.7 Å². The van der Waals surface area contributed by atoms with E-state index in [0.29, 0.717) is 6.54 Å². The Hall–Kier alpha value is -0.910. The van der Waals surface area contributed by atoms with Gasteiger partial charge in [0.05, 0.1) is 18.0 Å². The average Bonchev–Trinajstić information content (AvgIpc) is 2.79. The molecule has 1 unspecified atom stereocenters. The SMILES string of the molecule is OC(CNc1cncc(Br)c1)c1ccsc1. The molecular formula is C11H11BrN2OS. The number of hydrogen-bond acceptors (Lipinski definition) is 4. The van der Waals surface area contributed by atoms with Crippen LogP contribution in [0.25, 0.3) is 0 Å². The number of nitrogens with one attached hydrogen (secondary N) is 1. The van der Waals surface area contributed by atoms with Crippen LogP contribution >= 0.6 is 27.3 Å². The molecule has 0 aliphatic rings. The molecule has 3 nitrogen and oxygen atoms in total. The third-order valence-corrected chi connectivity index (χ3v) is 3.27. The van der Waals surface area contributed by atoms with Gasteiger partial charge in [-0.1, -0.05) is 0 Å². The molecule has 2 rings (SSSR count). The molecule has 0 amide bonds. The zero-order valence-electron chi connectivity index (χ0n) is 8.43. The average molecular weight is 299 g/mol. The van der Waals surface area contributed by atoms with Crippen LogP contribution in [0.5, 0.6) is 0 Å². The van der Waals surface area contributed by atoms with Crippen LogP contribution < -0.4 is 5.32 Å². The first-order valence-corrected chi connectivity index (χ1v) is 6.54. The number of nitrogens with zero attached hydrogens (tertiary/aromatic N) is 1. The molecule has 0 aliphatic carbocycles. The van der Waals surface area contributed by atoms with E-state index in [2.05, 4.69) is 26.2 Å². The standard InChI is InChI=1S/C11H11BrN2OS/c12-9-3-10(5-13-4-9)14-6-11(15)8-1-2-16-7-8/h1-5,7,11,14-15H,6H2. The lowest BCUT2D eigenvalue weighted by Gasteiger charge is -2.11. The highest BCUT2D eigenvalue weighted by molar-refractivity contribution is 9.10. The molecule has 0 radical (unpaired) electrons. The fourth-order valence-corrected chi connectivity index (χ4v) is 2.38. The van der Waals surface area contributed by atoms with Crippen molar-refractivity contribution in [2.45, 2.75) is 6.10 Å². The molecule has 0 aliphatic heterocycles. The van der Waals surface area contributed by atoms with Crippen LogP contribution in [0, 0.1) is 0 Å². The van der Waals surface area contributed by atoms with Gasteiger partial charge in [-0.15, -0.1) is 0 Å². The van der Waals surface area contributed by atoms with E-state index in [0.717, 1.165) is 15.7 Å². The lowest BCUT2D eigenvalue weighted by molar-refractivity contribution is 0.192. The number of anilines is 1. The van der Waals surface area contributed by atoms with E-state index >= 15 is 0 Å². The van der Waals surface area contributed by atoms with Crippen LogP contribution in [0.4, 0.5) is 5.69 Å². The summed E-state index contributed by atoms with van der Waals surface area (Å²) in [6.45, 7) is 0.481. The molecule has 5 heteroatoms. The van der Waals surface area contributed by atoms with E-state index in [1.165, 1.54) is 0 Å². The molecule has 2 N–H and O–H groups in total. The summed E-state index contributed by atoms with van der Waals surface area (Å²) >= 11 is 4.93. The Morgan fingerprint density at radius 2 is 2.38 bits per heavy atom. The summed E-state index contributed by atoms with van der Waals surface area (Å²) in [5, 5.41) is 16.9. The van der Waals surface area contributed by atoms with Gasteiger partial charge in [-0.25, -0.2) is 0 Å². The van der Waals surface area contributed by atoms with Gasteiger partial charge in [0.2, 0.25) is 0 Å². The van der Waals surface area contributed by atoms with Crippen molar-refractivity contribution in [1.82, 2.24) is 4.98 Å². The Morgan fingerprint density at radius 1 is 1.50 bits per heavy atom. The van der Waals surface area contributed by atoms with Gasteiger partial charge in [-0.3, -0.25) is 4.98 Å². The maximum Gasteiger partial charge on any atom is 0.0970 e. The van der Waals surface area contributed by atoms with Crippen LogP contribution in [-0.4, -0.2) is 16.6 Å². The van der Waals surface area contributed by atoms with Crippen molar-refractivity contribution < 1.29 is 5.11 Å². The minimum atomic E-state index is -0.481. The summed E-state index contributed by atoms with van der Waals surface area (Å²) in [5.41, 5.74) is 1.84. The number of aromatic nitrogens is 1. The summed E-state index contributed by atoms with van der Waals surface area (Å²) in [6.07, 6.45) is 2.97. The van der Waals surface area contributed by atoms with Crippen LogP contribution in [0.2, 0.25) is 0 Å². The van der Waals surface area contributed by atoms with Crippen LogP contribution in [0.3, 0.4) is 0 Å². The maximum absolute atomic E-state index is 9.85. The molecular weight excluding hydrogens is 288 g/mol. The lowest BCUT2D eigenvalue weighted by atomic mass is 10.2. The Kier molecular flexibility index (Phi) is 3.93. The van der Waals surface area contributed by atoms with Gasteiger partial charge in [0, 0.05) is 17.2 Å². The summed E-state index contributed by atoms with van der Waals surface area (Å²) < 4.78 is 0.919. The maximum atomic E-state index is 9.85. The third kappa shape index (κ3) is 3.04. The van der Waals surface area contributed by atoms with Gasteiger partial charge in [0.15, 0.2) is 0 Å². The summed E-state index contributed by atoms with van der Waals surface area (Å²) in [6, 6.07) is 3.85. The number of pyridine rings is 1. The highest BCUT2D eigenvalue weighted by atomic mass is 79.9. The second kappa shape index (κ2) is 5.43. The molecule has 1 atom stereocenters. The highest BCUT2D eigenvalue weighted by Gasteiger charge is 2.07. The van der Waals surface area contributed by atoms with Gasteiger partial charge < -0.3 is 10.4 Å². The first-order valence-electron chi connectivity index (χ1n) is 4.80. The van der Waals surface area contributed by atoms with Crippen LogP contribution in [0.1, 0.15) is 11.7 Å². The molecule has 0 bridgehead atoms. The summed E-state index contributed by atoms with van der Waals surface area (Å²) in [7, 11) is 0. The Labute approximate surface area is 106 Å². The number of rotatable bonds is 4. The molecule has 0 fully saturated rings. The third-order valence-electron chi connectivity index (χ3n) is 2.13. The Morgan fingerprint density at radius 3 is 3.06 bits per heavy atom. The first kappa shape index (κ1) is 11.6. The van der Waals surface area contributed by atoms with Gasteiger partial charge in [-0.05, 0) is 44.4 Å². The van der Waals surface area contributed by atoms with Gasteiger partial charge in [-0.2, -0.15) is 11.3 Å². The fourth-order valence-electron chi connectivity index (χ4n) is 1.31. The summed E-state index contributed by atoms with van der Waals surface area (Å²) in [5.74, 6) is 0. The molecule has 2 aromatic heterocycles. The van der Waals surface area contributed by atoms with Crippen LogP contribution in [-0.2, 0) is 0 Å². The van der Waals surface area contributed by atoms with E-state index < -0.39 is 6.10 Å². The number of aliphatic hydroxyl groups excluding tert-OH is 1. The minimum Gasteiger partial charge on any atom is -0.387 e. The van der Waals surface area contributed by atoms with E-state index in [9.17, 15) is 5.11 Å². The Bertz CT molecular complexity index is 447. The van der Waals surface area contributed by atoms with Crippen molar-refractivity contribution in [3.8, 4) is 0 Å². The second-order valence-corrected chi connectivity index (χ2v) is 5.04. The molecule has 0 aromatic carbocycles. The molecule has 0 saturated carbocycles. The molecule has 2 heterocycles. The predicted octanol–water partition coefficient (Wildman–Crippen LogP) is 3.05. The van der Waals surface area contributed by atoms with Crippen molar-refractivity contribution in [1.29, 1.82) is 0 Å². The van der Waals surface area contributed by atoms with Crippen molar-refractivity contribution in [2.75, 3.05) is 11.9 Å². The number of halogens is 1. The molecule has 0 saturated heterocycles. The predicted molar refractivity (Wildman–Crippen MR) is 69.7 cm³/mol. The largest absolute Gasteiger partial charge is 0.387 e. The number of hydrogen-bond donors (Lipinski definition) is 2. The van der Waals surface area contributed by atoms with E-state index in [-0.39, 0.29) is 0 Å². The van der Waals surface area contributed by atoms with Crippen molar-refractivity contribution in [3.63, 3.8) is 0 Å². The smallest absolute Gasteiger partial charge is 0.0970 e. The fraction of sp³-hybridized carbons (Fsp3) is 0.182. The zero-order valence-corrected chi connectivity index (χ0v) is 10.8. The number of aliphatic hydroxyl groups is 1. The Balaban J connectivity index is 1.92. The van der Waals surface area contributed by atoms with E-state index in [1.807, 2.05) is 22.9 Å². The topological polar surface area (TPSA) is 45.1 Å². The van der Waals surface area contributed by atoms with Crippen molar-refractivity contribution >= 4 is 33.0 Å². The quantitative estimate of drug-likeness (QED) is 0.912. The zero-order chi connectivity index (χ0) is 11.4. The van der Waals surface area contributed by atoms with Crippen molar-refractivity contribution in [3.05, 3.63) is 45.3 Å². The normalized spacial score (nSPS) is 12.4. The van der Waals surface area contributed by atoms with Gasteiger partial charge in [0.1, 0.15) is 0 Å². The molecule has 2 aromatic rings. The highest BCUT2D eigenvalue weighted by Crippen LogP contribution is 2.18. The van der Waals surface area contributed by atoms with Gasteiger partial charge >= 0.3 is 0 Å². The lowest BCUT2D eigenvalue weighted by Crippen LogP contribution is -2.11.